The molecule has 1 saturated heterocycles. The maximum atomic E-state index is 4.76. The summed E-state index contributed by atoms with van der Waals surface area (Å²) in [5.74, 6) is 0. The molecular weight excluding hydrogens is 368 g/mol. The molecule has 0 bridgehead atoms. The van der Waals surface area contributed by atoms with Gasteiger partial charge < -0.3 is 15.1 Å². The van der Waals surface area contributed by atoms with E-state index in [1.54, 1.807) is 11.3 Å². The predicted molar refractivity (Wildman–Crippen MR) is 117 cm³/mol. The first-order chi connectivity index (χ1) is 13.8. The Morgan fingerprint density at radius 2 is 1.71 bits per heavy atom. The highest BCUT2D eigenvalue weighted by Crippen LogP contribution is 2.33. The van der Waals surface area contributed by atoms with Gasteiger partial charge in [0.05, 0.1) is 5.69 Å². The van der Waals surface area contributed by atoms with Crippen LogP contribution in [0.1, 0.15) is 0 Å². The topological polar surface area (TPSA) is 60.1 Å². The van der Waals surface area contributed by atoms with E-state index in [-0.39, 0.29) is 0 Å². The van der Waals surface area contributed by atoms with Gasteiger partial charge in [-0.25, -0.2) is 4.98 Å². The van der Waals surface area contributed by atoms with Crippen molar-refractivity contribution in [1.82, 2.24) is 20.1 Å². The van der Waals surface area contributed by atoms with Crippen LogP contribution in [-0.4, -0.2) is 53.3 Å². The van der Waals surface area contributed by atoms with Gasteiger partial charge in [0.25, 0.3) is 0 Å². The molecule has 28 heavy (non-hydrogen) atoms. The van der Waals surface area contributed by atoms with Gasteiger partial charge in [0.1, 0.15) is 5.52 Å². The van der Waals surface area contributed by atoms with E-state index in [0.717, 1.165) is 58.6 Å². The van der Waals surface area contributed by atoms with Gasteiger partial charge in [0.15, 0.2) is 9.96 Å². The number of thiazole rings is 1. The lowest BCUT2D eigenvalue weighted by Crippen LogP contribution is -2.44. The Balaban J connectivity index is 1.33. The van der Waals surface area contributed by atoms with Crippen LogP contribution in [-0.2, 0) is 0 Å². The number of fused-ring (bicyclic) bond motifs is 1. The van der Waals surface area contributed by atoms with Crippen LogP contribution in [0.3, 0.4) is 0 Å². The molecular formula is C21H22N6S. The number of anilines is 3. The van der Waals surface area contributed by atoms with Crippen LogP contribution in [0.2, 0.25) is 0 Å². The van der Waals surface area contributed by atoms with Crippen molar-refractivity contribution >= 4 is 38.2 Å². The SMILES string of the molecule is CN1CCN(c2ccc(Nc3nc4c(-c5ccccc5)[nH]nc4s3)cc2)CC1. The number of H-pyrrole nitrogens is 1. The van der Waals surface area contributed by atoms with Gasteiger partial charge >= 0.3 is 0 Å². The lowest BCUT2D eigenvalue weighted by atomic mass is 10.1. The van der Waals surface area contributed by atoms with Crippen molar-refractivity contribution in [3.05, 3.63) is 54.6 Å². The summed E-state index contributed by atoms with van der Waals surface area (Å²) in [5.41, 5.74) is 5.29. The summed E-state index contributed by atoms with van der Waals surface area (Å²) in [6.07, 6.45) is 0. The second kappa shape index (κ2) is 7.26. The number of benzene rings is 2. The molecule has 6 nitrogen and oxygen atoms in total. The highest BCUT2D eigenvalue weighted by Gasteiger charge is 2.15. The summed E-state index contributed by atoms with van der Waals surface area (Å²) in [7, 11) is 2.18. The Bertz CT molecular complexity index is 1060. The third kappa shape index (κ3) is 3.34. The summed E-state index contributed by atoms with van der Waals surface area (Å²) >= 11 is 1.56. The molecule has 5 rings (SSSR count). The zero-order valence-electron chi connectivity index (χ0n) is 15.7. The van der Waals surface area contributed by atoms with Crippen molar-refractivity contribution in [3.8, 4) is 11.3 Å². The lowest BCUT2D eigenvalue weighted by molar-refractivity contribution is 0.313. The molecule has 7 heteroatoms. The number of nitrogens with one attached hydrogen (secondary N) is 2. The molecule has 1 fully saturated rings. The maximum Gasteiger partial charge on any atom is 0.189 e. The fraction of sp³-hybridized carbons (Fsp3) is 0.238. The Hall–Kier alpha value is -2.90. The normalized spacial score (nSPS) is 15.2. The third-order valence-corrected chi connectivity index (χ3v) is 6.03. The average molecular weight is 391 g/mol. The molecule has 4 aromatic rings. The third-order valence-electron chi connectivity index (χ3n) is 5.16. The van der Waals surface area contributed by atoms with Crippen LogP contribution in [0.4, 0.5) is 16.5 Å². The van der Waals surface area contributed by atoms with Crippen molar-refractivity contribution < 1.29 is 0 Å². The number of hydrogen-bond donors (Lipinski definition) is 2. The Morgan fingerprint density at radius 3 is 2.46 bits per heavy atom. The molecule has 0 saturated carbocycles. The summed E-state index contributed by atoms with van der Waals surface area (Å²) < 4.78 is 0. The van der Waals surface area contributed by atoms with E-state index in [1.165, 1.54) is 5.69 Å². The van der Waals surface area contributed by atoms with E-state index in [9.17, 15) is 0 Å². The smallest absolute Gasteiger partial charge is 0.189 e. The first-order valence-electron chi connectivity index (χ1n) is 9.47. The van der Waals surface area contributed by atoms with E-state index in [2.05, 4.69) is 68.8 Å². The number of hydrogen-bond acceptors (Lipinski definition) is 6. The molecule has 0 atom stereocenters. The fourth-order valence-corrected chi connectivity index (χ4v) is 4.34. The van der Waals surface area contributed by atoms with Crippen molar-refractivity contribution in [1.29, 1.82) is 0 Å². The minimum absolute atomic E-state index is 0.857. The molecule has 142 valence electrons. The number of piperazine rings is 1. The van der Waals surface area contributed by atoms with Gasteiger partial charge in [-0.15, -0.1) is 0 Å². The zero-order chi connectivity index (χ0) is 18.9. The van der Waals surface area contributed by atoms with E-state index >= 15 is 0 Å². The van der Waals surface area contributed by atoms with Crippen LogP contribution >= 0.6 is 11.3 Å². The minimum atomic E-state index is 0.857. The molecule has 0 unspecified atom stereocenters. The molecule has 0 spiro atoms. The molecule has 3 heterocycles. The van der Waals surface area contributed by atoms with Crippen molar-refractivity contribution in [2.75, 3.05) is 43.4 Å². The first-order valence-corrected chi connectivity index (χ1v) is 10.3. The first kappa shape index (κ1) is 17.2. The number of rotatable bonds is 4. The maximum absolute atomic E-state index is 4.76. The van der Waals surface area contributed by atoms with Gasteiger partial charge in [0.2, 0.25) is 0 Å². The molecule has 0 aliphatic carbocycles. The Kier molecular flexibility index (Phi) is 4.46. The van der Waals surface area contributed by atoms with Gasteiger partial charge in [0, 0.05) is 43.1 Å². The molecule has 2 N–H and O–H groups in total. The van der Waals surface area contributed by atoms with Gasteiger partial charge in [-0.1, -0.05) is 41.7 Å². The van der Waals surface area contributed by atoms with E-state index in [1.807, 2.05) is 18.2 Å². The second-order valence-electron chi connectivity index (χ2n) is 7.10. The summed E-state index contributed by atoms with van der Waals surface area (Å²) in [4.78, 5) is 10.5. The molecule has 0 amide bonds. The van der Waals surface area contributed by atoms with Crippen LogP contribution in [0.5, 0.6) is 0 Å². The van der Waals surface area contributed by atoms with Crippen LogP contribution < -0.4 is 10.2 Å². The van der Waals surface area contributed by atoms with Gasteiger partial charge in [-0.2, -0.15) is 5.10 Å². The Labute approximate surface area is 167 Å². The predicted octanol–water partition coefficient (Wildman–Crippen LogP) is 4.18. The van der Waals surface area contributed by atoms with Crippen LogP contribution in [0, 0.1) is 0 Å². The average Bonchev–Trinajstić information content (AvgIpc) is 3.30. The zero-order valence-corrected chi connectivity index (χ0v) is 16.5. The van der Waals surface area contributed by atoms with E-state index in [4.69, 9.17) is 4.98 Å². The largest absolute Gasteiger partial charge is 0.369 e. The molecule has 2 aromatic heterocycles. The highest BCUT2D eigenvalue weighted by molar-refractivity contribution is 7.21. The quantitative estimate of drug-likeness (QED) is 0.547. The van der Waals surface area contributed by atoms with Crippen molar-refractivity contribution in [2.45, 2.75) is 0 Å². The molecule has 0 radical (unpaired) electrons. The minimum Gasteiger partial charge on any atom is -0.369 e. The lowest BCUT2D eigenvalue weighted by Gasteiger charge is -2.34. The van der Waals surface area contributed by atoms with Crippen molar-refractivity contribution in [3.63, 3.8) is 0 Å². The number of aromatic amines is 1. The van der Waals surface area contributed by atoms with Crippen molar-refractivity contribution in [2.24, 2.45) is 0 Å². The molecule has 2 aromatic carbocycles. The highest BCUT2D eigenvalue weighted by atomic mass is 32.1. The number of aromatic nitrogens is 3. The summed E-state index contributed by atoms with van der Waals surface area (Å²) in [6, 6.07) is 18.8. The standard InChI is InChI=1S/C21H22N6S/c1-26-11-13-27(14-12-26)17-9-7-16(8-10-17)22-21-23-19-18(24-25-20(19)28-21)15-5-3-2-4-6-15/h2-10H,11-14H2,1H3,(H,22,23)(H,24,25). The summed E-state index contributed by atoms with van der Waals surface area (Å²) in [6.45, 7) is 4.38. The van der Waals surface area contributed by atoms with Gasteiger partial charge in [-0.3, -0.25) is 5.10 Å². The van der Waals surface area contributed by atoms with E-state index in [0.29, 0.717) is 0 Å². The number of likely N-dealkylation sites (N-methyl/N-ethyl adjacent to an activating group) is 1. The van der Waals surface area contributed by atoms with E-state index < -0.39 is 0 Å². The second-order valence-corrected chi connectivity index (χ2v) is 8.08. The summed E-state index contributed by atoms with van der Waals surface area (Å²) in [5, 5.41) is 11.8. The van der Waals surface area contributed by atoms with Crippen LogP contribution in [0.15, 0.2) is 54.6 Å². The van der Waals surface area contributed by atoms with Gasteiger partial charge in [-0.05, 0) is 31.3 Å². The van der Waals surface area contributed by atoms with Crippen LogP contribution in [0.25, 0.3) is 21.6 Å². The molecule has 1 aliphatic heterocycles. The fourth-order valence-electron chi connectivity index (χ4n) is 3.51. The number of nitrogens with zero attached hydrogens (tertiary/aromatic N) is 4. The monoisotopic (exact) mass is 390 g/mol. The molecule has 1 aliphatic rings. The Morgan fingerprint density at radius 1 is 0.964 bits per heavy atom.